The van der Waals surface area contributed by atoms with Crippen molar-refractivity contribution in [2.75, 3.05) is 26.2 Å². The lowest BCUT2D eigenvalue weighted by atomic mass is 9.91. The highest BCUT2D eigenvalue weighted by Crippen LogP contribution is 2.35. The van der Waals surface area contributed by atoms with E-state index < -0.39 is 0 Å². The molecule has 4 rings (SSSR count). The zero-order chi connectivity index (χ0) is 16.7. The number of fused-ring (bicyclic) bond motifs is 1. The molecule has 6 nitrogen and oxygen atoms in total. The Morgan fingerprint density at radius 2 is 2.04 bits per heavy atom. The second-order valence-corrected chi connectivity index (χ2v) is 7.52. The summed E-state index contributed by atoms with van der Waals surface area (Å²) < 4.78 is 11.4. The van der Waals surface area contributed by atoms with E-state index >= 15 is 0 Å². The number of aryl methyl sites for hydroxylation is 2. The SMILES string of the molecule is Cc1noc(C)c1CN1CC[C@@H]2C[C@H](C(=O)N3CCCC3)O[C@H]2C1. The summed E-state index contributed by atoms with van der Waals surface area (Å²) in [5.41, 5.74) is 2.17. The maximum absolute atomic E-state index is 12.6. The Balaban J connectivity index is 1.36. The topological polar surface area (TPSA) is 58.8 Å². The molecule has 0 bridgehead atoms. The average molecular weight is 333 g/mol. The molecule has 0 aromatic carbocycles. The predicted octanol–water partition coefficient (Wildman–Crippen LogP) is 1.89. The van der Waals surface area contributed by atoms with Gasteiger partial charge in [-0.05, 0) is 52.0 Å². The summed E-state index contributed by atoms with van der Waals surface area (Å²) in [4.78, 5) is 17.0. The second-order valence-electron chi connectivity index (χ2n) is 7.52. The van der Waals surface area contributed by atoms with E-state index in [0.717, 1.165) is 69.9 Å². The Labute approximate surface area is 143 Å². The van der Waals surface area contributed by atoms with Gasteiger partial charge in [0.1, 0.15) is 11.9 Å². The van der Waals surface area contributed by atoms with Gasteiger partial charge in [0.2, 0.25) is 0 Å². The number of carbonyl (C=O) groups is 1. The Kier molecular flexibility index (Phi) is 4.35. The molecule has 3 atom stereocenters. The molecule has 1 aromatic heterocycles. The Morgan fingerprint density at radius 1 is 1.25 bits per heavy atom. The van der Waals surface area contributed by atoms with E-state index in [9.17, 15) is 4.79 Å². The quantitative estimate of drug-likeness (QED) is 0.845. The van der Waals surface area contributed by atoms with E-state index in [0.29, 0.717) is 5.92 Å². The van der Waals surface area contributed by atoms with Crippen molar-refractivity contribution < 1.29 is 14.1 Å². The number of rotatable bonds is 3. The van der Waals surface area contributed by atoms with Gasteiger partial charge in [-0.3, -0.25) is 9.69 Å². The molecular formula is C18H27N3O3. The van der Waals surface area contributed by atoms with E-state index in [1.807, 2.05) is 18.7 Å². The number of likely N-dealkylation sites (tertiary alicyclic amines) is 2. The number of hydrogen-bond acceptors (Lipinski definition) is 5. The molecule has 24 heavy (non-hydrogen) atoms. The van der Waals surface area contributed by atoms with Crippen LogP contribution in [-0.4, -0.2) is 59.3 Å². The molecule has 1 amide bonds. The zero-order valence-corrected chi connectivity index (χ0v) is 14.7. The highest BCUT2D eigenvalue weighted by atomic mass is 16.5. The van der Waals surface area contributed by atoms with Gasteiger partial charge in [-0.1, -0.05) is 5.16 Å². The molecular weight excluding hydrogens is 306 g/mol. The largest absolute Gasteiger partial charge is 0.364 e. The number of nitrogens with zero attached hydrogens (tertiary/aromatic N) is 3. The molecule has 3 fully saturated rings. The van der Waals surface area contributed by atoms with Crippen LogP contribution in [0.25, 0.3) is 0 Å². The monoisotopic (exact) mass is 333 g/mol. The predicted molar refractivity (Wildman–Crippen MR) is 88.5 cm³/mol. The third-order valence-electron chi connectivity index (χ3n) is 5.89. The fourth-order valence-electron chi connectivity index (χ4n) is 4.39. The van der Waals surface area contributed by atoms with Crippen LogP contribution in [0.5, 0.6) is 0 Å². The Morgan fingerprint density at radius 3 is 2.75 bits per heavy atom. The van der Waals surface area contributed by atoms with Gasteiger partial charge in [0.15, 0.2) is 0 Å². The molecule has 4 heterocycles. The summed E-state index contributed by atoms with van der Waals surface area (Å²) in [5.74, 6) is 1.66. The van der Waals surface area contributed by atoms with Crippen molar-refractivity contribution in [3.8, 4) is 0 Å². The molecule has 0 N–H and O–H groups in total. The summed E-state index contributed by atoms with van der Waals surface area (Å²) in [5, 5.41) is 4.04. The first-order valence-corrected chi connectivity index (χ1v) is 9.20. The van der Waals surface area contributed by atoms with Crippen LogP contribution in [0.3, 0.4) is 0 Å². The third kappa shape index (κ3) is 2.97. The first kappa shape index (κ1) is 16.1. The minimum absolute atomic E-state index is 0.191. The van der Waals surface area contributed by atoms with Crippen molar-refractivity contribution in [3.05, 3.63) is 17.0 Å². The molecule has 0 aliphatic carbocycles. The fourth-order valence-corrected chi connectivity index (χ4v) is 4.39. The van der Waals surface area contributed by atoms with Gasteiger partial charge in [-0.2, -0.15) is 0 Å². The summed E-state index contributed by atoms with van der Waals surface area (Å²) in [6, 6.07) is 0. The van der Waals surface area contributed by atoms with Crippen molar-refractivity contribution in [1.29, 1.82) is 0 Å². The number of ether oxygens (including phenoxy) is 1. The zero-order valence-electron chi connectivity index (χ0n) is 14.7. The highest BCUT2D eigenvalue weighted by Gasteiger charge is 2.43. The number of hydrogen-bond donors (Lipinski definition) is 0. The van der Waals surface area contributed by atoms with Crippen molar-refractivity contribution in [2.45, 2.75) is 58.3 Å². The summed E-state index contributed by atoms with van der Waals surface area (Å²) in [6.45, 7) is 8.60. The summed E-state index contributed by atoms with van der Waals surface area (Å²) in [6.07, 6.45) is 4.26. The standard InChI is InChI=1S/C18H27N3O3/c1-12-15(13(2)24-19-12)10-20-8-5-14-9-16(23-17(14)11-20)18(22)21-6-3-4-7-21/h14,16-17H,3-11H2,1-2H3/t14-,16-,17+/m1/s1. The molecule has 132 valence electrons. The molecule has 6 heteroatoms. The first-order chi connectivity index (χ1) is 11.6. The van der Waals surface area contributed by atoms with E-state index in [4.69, 9.17) is 9.26 Å². The number of aromatic nitrogens is 1. The Bertz CT molecular complexity index is 589. The molecule has 3 saturated heterocycles. The van der Waals surface area contributed by atoms with Crippen molar-refractivity contribution in [2.24, 2.45) is 5.92 Å². The van der Waals surface area contributed by atoms with E-state index in [2.05, 4.69) is 10.1 Å². The molecule has 0 unspecified atom stereocenters. The van der Waals surface area contributed by atoms with Crippen LogP contribution in [0.1, 0.15) is 42.7 Å². The smallest absolute Gasteiger partial charge is 0.251 e. The molecule has 3 aliphatic rings. The lowest BCUT2D eigenvalue weighted by Gasteiger charge is -2.33. The van der Waals surface area contributed by atoms with Gasteiger partial charge < -0.3 is 14.2 Å². The first-order valence-electron chi connectivity index (χ1n) is 9.20. The normalized spacial score (nSPS) is 30.8. The van der Waals surface area contributed by atoms with Crippen molar-refractivity contribution >= 4 is 5.91 Å². The maximum Gasteiger partial charge on any atom is 0.251 e. The van der Waals surface area contributed by atoms with Gasteiger partial charge in [0.25, 0.3) is 5.91 Å². The lowest BCUT2D eigenvalue weighted by Crippen LogP contribution is -2.42. The number of carbonyl (C=O) groups excluding carboxylic acids is 1. The van der Waals surface area contributed by atoms with E-state index in [-0.39, 0.29) is 18.1 Å². The minimum atomic E-state index is -0.211. The van der Waals surface area contributed by atoms with Crippen molar-refractivity contribution in [1.82, 2.24) is 15.0 Å². The minimum Gasteiger partial charge on any atom is -0.364 e. The van der Waals surface area contributed by atoms with Crippen molar-refractivity contribution in [3.63, 3.8) is 0 Å². The van der Waals surface area contributed by atoms with Crippen LogP contribution in [0, 0.1) is 19.8 Å². The average Bonchev–Trinajstić information content (AvgIpc) is 3.30. The van der Waals surface area contributed by atoms with Gasteiger partial charge in [-0.15, -0.1) is 0 Å². The fraction of sp³-hybridized carbons (Fsp3) is 0.778. The summed E-state index contributed by atoms with van der Waals surface area (Å²) in [7, 11) is 0. The van der Waals surface area contributed by atoms with Crippen LogP contribution in [-0.2, 0) is 16.1 Å². The van der Waals surface area contributed by atoms with Crippen LogP contribution >= 0.6 is 0 Å². The van der Waals surface area contributed by atoms with Gasteiger partial charge >= 0.3 is 0 Å². The molecule has 0 radical (unpaired) electrons. The molecule has 0 spiro atoms. The maximum atomic E-state index is 12.6. The third-order valence-corrected chi connectivity index (χ3v) is 5.89. The number of amides is 1. The lowest BCUT2D eigenvalue weighted by molar-refractivity contribution is -0.142. The second kappa shape index (κ2) is 6.48. The summed E-state index contributed by atoms with van der Waals surface area (Å²) >= 11 is 0. The van der Waals surface area contributed by atoms with Crippen LogP contribution in [0.4, 0.5) is 0 Å². The van der Waals surface area contributed by atoms with Gasteiger partial charge in [0, 0.05) is 31.7 Å². The molecule has 3 aliphatic heterocycles. The van der Waals surface area contributed by atoms with Gasteiger partial charge in [0.05, 0.1) is 11.8 Å². The van der Waals surface area contributed by atoms with E-state index in [1.165, 1.54) is 5.56 Å². The van der Waals surface area contributed by atoms with Crippen LogP contribution in [0.2, 0.25) is 0 Å². The van der Waals surface area contributed by atoms with E-state index in [1.54, 1.807) is 0 Å². The molecule has 0 saturated carbocycles. The van der Waals surface area contributed by atoms with Crippen LogP contribution < -0.4 is 0 Å². The Hall–Kier alpha value is -1.40. The van der Waals surface area contributed by atoms with Gasteiger partial charge in [-0.25, -0.2) is 0 Å². The highest BCUT2D eigenvalue weighted by molar-refractivity contribution is 5.81. The van der Waals surface area contributed by atoms with Crippen LogP contribution in [0.15, 0.2) is 4.52 Å². The number of piperidine rings is 1. The molecule has 1 aromatic rings.